The molecule has 0 N–H and O–H groups in total. The molecule has 2 aromatic rings. The summed E-state index contributed by atoms with van der Waals surface area (Å²) in [6, 6.07) is 16.5. The molecular weight excluding hydrogens is 336 g/mol. The van der Waals surface area contributed by atoms with Gasteiger partial charge >= 0.3 is 5.82 Å². The van der Waals surface area contributed by atoms with E-state index in [9.17, 15) is 5.26 Å². The van der Waals surface area contributed by atoms with Crippen molar-refractivity contribution in [3.63, 3.8) is 0 Å². The van der Waals surface area contributed by atoms with Crippen molar-refractivity contribution >= 4 is 22.6 Å². The molecule has 0 fully saturated rings. The van der Waals surface area contributed by atoms with Gasteiger partial charge in [0.15, 0.2) is 5.57 Å². The van der Waals surface area contributed by atoms with Crippen molar-refractivity contribution < 1.29 is 0 Å². The van der Waals surface area contributed by atoms with Crippen LogP contribution in [0.25, 0.3) is 15.3 Å². The molecule has 0 saturated heterocycles. The van der Waals surface area contributed by atoms with Gasteiger partial charge in [-0.2, -0.15) is 25.2 Å². The van der Waals surface area contributed by atoms with Crippen LogP contribution in [-0.2, 0) is 0 Å². The number of hydrogen-bond donors (Lipinski definition) is 0. The molecule has 0 spiro atoms. The third-order valence-corrected chi connectivity index (χ3v) is 3.96. The summed E-state index contributed by atoms with van der Waals surface area (Å²) in [4.78, 5) is 8.43. The molecule has 0 aromatic heterocycles. The Bertz CT molecular complexity index is 944. The van der Waals surface area contributed by atoms with Crippen molar-refractivity contribution in [3.05, 3.63) is 82.7 Å². The van der Waals surface area contributed by atoms with E-state index >= 15 is 0 Å². The van der Waals surface area contributed by atoms with Gasteiger partial charge in [-0.15, -0.1) is 0 Å². The summed E-state index contributed by atoms with van der Waals surface area (Å²) in [5.74, 6) is -0.236. The average Bonchev–Trinajstić information content (AvgIpc) is 2.72. The summed E-state index contributed by atoms with van der Waals surface area (Å²) in [5.41, 5.74) is 3.10. The number of azo groups is 1. The van der Waals surface area contributed by atoms with Crippen LogP contribution in [0.15, 0.2) is 64.6 Å². The van der Waals surface area contributed by atoms with Crippen molar-refractivity contribution in [2.75, 3.05) is 18.0 Å². The van der Waals surface area contributed by atoms with Crippen LogP contribution < -0.4 is 4.90 Å². The van der Waals surface area contributed by atoms with Gasteiger partial charge in [-0.25, -0.2) is 0 Å². The molecule has 0 aliphatic rings. The quantitative estimate of drug-likeness (QED) is 0.364. The van der Waals surface area contributed by atoms with Crippen LogP contribution in [0.2, 0.25) is 0 Å². The van der Waals surface area contributed by atoms with E-state index in [2.05, 4.69) is 38.7 Å². The first-order chi connectivity index (χ1) is 13.2. The van der Waals surface area contributed by atoms with Crippen molar-refractivity contribution in [1.29, 1.82) is 5.26 Å². The van der Waals surface area contributed by atoms with Gasteiger partial charge in [0.2, 0.25) is 0 Å². The van der Waals surface area contributed by atoms with Crippen LogP contribution in [-0.4, -0.2) is 13.1 Å². The number of rotatable bonds is 6. The van der Waals surface area contributed by atoms with E-state index in [1.807, 2.05) is 30.3 Å². The minimum absolute atomic E-state index is 0.0653. The zero-order valence-electron chi connectivity index (χ0n) is 15.2. The largest absolute Gasteiger partial charge is 0.537 e. The maximum atomic E-state index is 9.19. The molecule has 0 bridgehead atoms. The third kappa shape index (κ3) is 4.78. The molecular formula is C21H18N6. The number of nitrogens with zero attached hydrogens (tertiary/aromatic N) is 6. The van der Waals surface area contributed by atoms with Crippen LogP contribution in [0.1, 0.15) is 19.4 Å². The van der Waals surface area contributed by atoms with Gasteiger partial charge < -0.3 is 4.90 Å². The van der Waals surface area contributed by atoms with Gasteiger partial charge in [0.25, 0.3) is 0 Å². The second kappa shape index (κ2) is 9.51. The second-order valence-corrected chi connectivity index (χ2v) is 5.47. The molecule has 2 rings (SSSR count). The van der Waals surface area contributed by atoms with Crippen molar-refractivity contribution in [1.82, 2.24) is 0 Å². The zero-order valence-corrected chi connectivity index (χ0v) is 15.2. The number of allylic oxidation sites excluding steroid dienone is 1. The van der Waals surface area contributed by atoms with E-state index in [-0.39, 0.29) is 11.4 Å². The minimum Gasteiger partial charge on any atom is -0.372 e. The molecule has 0 aliphatic heterocycles. The Hall–Kier alpha value is -3.95. The SMILES string of the molecule is [C-]#[N+]C([N+]#[C-])=C(C#N)c1ccc(N=Nc2ccc(N(CC)CC)cc2)cc1. The van der Waals surface area contributed by atoms with Gasteiger partial charge in [0, 0.05) is 18.8 Å². The Balaban J connectivity index is 2.17. The Morgan fingerprint density at radius 3 is 1.81 bits per heavy atom. The Labute approximate surface area is 159 Å². The molecule has 0 radical (unpaired) electrons. The van der Waals surface area contributed by atoms with Crippen molar-refractivity contribution in [2.24, 2.45) is 10.2 Å². The summed E-state index contributed by atoms with van der Waals surface area (Å²) in [7, 11) is 0. The fourth-order valence-electron chi connectivity index (χ4n) is 2.51. The zero-order chi connectivity index (χ0) is 19.6. The highest BCUT2D eigenvalue weighted by Gasteiger charge is 2.16. The fourth-order valence-corrected chi connectivity index (χ4v) is 2.51. The first-order valence-electron chi connectivity index (χ1n) is 8.43. The maximum Gasteiger partial charge on any atom is 0.537 e. The molecule has 0 saturated carbocycles. The lowest BCUT2D eigenvalue weighted by molar-refractivity contribution is 0.866. The standard InChI is InChI=1S/C21H18N6/c1-5-27(6-2)19-13-11-18(12-14-19)26-25-17-9-7-16(8-10-17)20(15-22)21(23-3)24-4/h7-14H,5-6H2,1-2H3. The van der Waals surface area contributed by atoms with Crippen LogP contribution in [0.5, 0.6) is 0 Å². The minimum atomic E-state index is -0.236. The smallest absolute Gasteiger partial charge is 0.372 e. The molecule has 0 atom stereocenters. The van der Waals surface area contributed by atoms with Crippen LogP contribution in [0, 0.1) is 24.5 Å². The third-order valence-electron chi connectivity index (χ3n) is 3.96. The Morgan fingerprint density at radius 2 is 1.41 bits per heavy atom. The summed E-state index contributed by atoms with van der Waals surface area (Å²) in [6.07, 6.45) is 0. The highest BCUT2D eigenvalue weighted by molar-refractivity contribution is 5.81. The molecule has 6 heteroatoms. The predicted octanol–water partition coefficient (Wildman–Crippen LogP) is 5.98. The van der Waals surface area contributed by atoms with Crippen LogP contribution >= 0.6 is 0 Å². The fraction of sp³-hybridized carbons (Fsp3) is 0.190. The van der Waals surface area contributed by atoms with E-state index in [1.54, 1.807) is 24.3 Å². The first kappa shape index (κ1) is 19.4. The van der Waals surface area contributed by atoms with Gasteiger partial charge in [0.05, 0.1) is 17.4 Å². The topological polar surface area (TPSA) is 60.5 Å². The first-order valence-corrected chi connectivity index (χ1v) is 8.43. The summed E-state index contributed by atoms with van der Waals surface area (Å²) in [6.45, 7) is 20.1. The Morgan fingerprint density at radius 1 is 0.926 bits per heavy atom. The van der Waals surface area contributed by atoms with E-state index < -0.39 is 0 Å². The average molecular weight is 354 g/mol. The molecule has 2 aromatic carbocycles. The molecule has 27 heavy (non-hydrogen) atoms. The predicted molar refractivity (Wildman–Crippen MR) is 106 cm³/mol. The number of nitriles is 1. The molecule has 132 valence electrons. The van der Waals surface area contributed by atoms with Gasteiger partial charge in [-0.1, -0.05) is 12.1 Å². The molecule has 0 heterocycles. The van der Waals surface area contributed by atoms with Gasteiger partial charge in [-0.3, -0.25) is 0 Å². The van der Waals surface area contributed by atoms with Gasteiger partial charge in [-0.05, 0) is 55.8 Å². The van der Waals surface area contributed by atoms with Crippen LogP contribution in [0.4, 0.5) is 17.1 Å². The lowest BCUT2D eigenvalue weighted by Crippen LogP contribution is -2.21. The normalized spacial score (nSPS) is 9.89. The molecule has 6 nitrogen and oxygen atoms in total. The van der Waals surface area contributed by atoms with Crippen LogP contribution in [0.3, 0.4) is 0 Å². The molecule has 0 aliphatic carbocycles. The monoisotopic (exact) mass is 354 g/mol. The highest BCUT2D eigenvalue weighted by atomic mass is 15.1. The lowest BCUT2D eigenvalue weighted by Gasteiger charge is -2.20. The number of hydrogen-bond acceptors (Lipinski definition) is 4. The summed E-state index contributed by atoms with van der Waals surface area (Å²) in [5, 5.41) is 17.6. The lowest BCUT2D eigenvalue weighted by atomic mass is 10.1. The highest BCUT2D eigenvalue weighted by Crippen LogP contribution is 2.25. The number of benzene rings is 2. The molecule has 0 amide bonds. The van der Waals surface area contributed by atoms with Gasteiger partial charge in [0.1, 0.15) is 13.1 Å². The summed E-state index contributed by atoms with van der Waals surface area (Å²) < 4.78 is 0. The van der Waals surface area contributed by atoms with E-state index in [0.29, 0.717) is 11.3 Å². The maximum absolute atomic E-state index is 9.19. The van der Waals surface area contributed by atoms with E-state index in [1.165, 1.54) is 0 Å². The number of anilines is 1. The van der Waals surface area contributed by atoms with E-state index in [0.717, 1.165) is 24.5 Å². The summed E-state index contributed by atoms with van der Waals surface area (Å²) >= 11 is 0. The Kier molecular flexibility index (Phi) is 6.83. The molecule has 0 unspecified atom stereocenters. The van der Waals surface area contributed by atoms with Crippen molar-refractivity contribution in [3.8, 4) is 6.07 Å². The van der Waals surface area contributed by atoms with Crippen molar-refractivity contribution in [2.45, 2.75) is 13.8 Å². The second-order valence-electron chi connectivity index (χ2n) is 5.47. The van der Waals surface area contributed by atoms with E-state index in [4.69, 9.17) is 13.1 Å².